The van der Waals surface area contributed by atoms with Gasteiger partial charge in [-0.2, -0.15) is 0 Å². The van der Waals surface area contributed by atoms with Gasteiger partial charge in [0.25, 0.3) is 5.91 Å². The molecule has 0 spiro atoms. The van der Waals surface area contributed by atoms with Crippen molar-refractivity contribution in [1.82, 2.24) is 19.6 Å². The number of likely N-dealkylation sites (N-methyl/N-ethyl adjacent to an activating group) is 1. The van der Waals surface area contributed by atoms with Crippen LogP contribution in [0.2, 0.25) is 0 Å². The molecule has 2 aliphatic heterocycles. The molecule has 0 aliphatic carbocycles. The number of hydrogen-bond acceptors (Lipinski definition) is 6. The highest BCUT2D eigenvalue weighted by molar-refractivity contribution is 6.32. The van der Waals surface area contributed by atoms with Crippen molar-refractivity contribution >= 4 is 17.8 Å². The minimum atomic E-state index is -0.946. The molecule has 0 saturated carbocycles. The van der Waals surface area contributed by atoms with Crippen LogP contribution >= 0.6 is 0 Å². The van der Waals surface area contributed by atoms with Crippen LogP contribution < -0.4 is 0 Å². The second kappa shape index (κ2) is 8.43. The Morgan fingerprint density at radius 2 is 1.58 bits per heavy atom. The number of nitrogens with zero attached hydrogens (tertiary/aromatic N) is 4. The zero-order valence-corrected chi connectivity index (χ0v) is 14.9. The molecule has 0 atom stereocenters. The Labute approximate surface area is 143 Å². The third-order valence-electron chi connectivity index (χ3n) is 4.81. The van der Waals surface area contributed by atoms with E-state index in [9.17, 15) is 14.4 Å². The highest BCUT2D eigenvalue weighted by Gasteiger charge is 2.31. The topological polar surface area (TPSA) is 73.4 Å². The average Bonchev–Trinajstić information content (AvgIpc) is 2.59. The molecule has 0 aromatic rings. The van der Waals surface area contributed by atoms with E-state index in [-0.39, 0.29) is 5.91 Å². The molecule has 136 valence electrons. The summed E-state index contributed by atoms with van der Waals surface area (Å²) in [5.41, 5.74) is 0. The number of piperazine rings is 1. The first kappa shape index (κ1) is 18.7. The van der Waals surface area contributed by atoms with Crippen LogP contribution in [-0.2, 0) is 19.1 Å². The third kappa shape index (κ3) is 4.91. The van der Waals surface area contributed by atoms with Crippen molar-refractivity contribution in [2.75, 3.05) is 67.0 Å². The summed E-state index contributed by atoms with van der Waals surface area (Å²) in [4.78, 5) is 42.9. The first-order chi connectivity index (χ1) is 11.4. The van der Waals surface area contributed by atoms with Gasteiger partial charge in [0.15, 0.2) is 6.61 Å². The Hall–Kier alpha value is -1.67. The summed E-state index contributed by atoms with van der Waals surface area (Å²) in [7, 11) is 5.28. The number of likely N-dealkylation sites (tertiary alicyclic amines) is 1. The van der Waals surface area contributed by atoms with Crippen molar-refractivity contribution in [3.8, 4) is 0 Å². The van der Waals surface area contributed by atoms with E-state index in [1.807, 2.05) is 0 Å². The fourth-order valence-electron chi connectivity index (χ4n) is 3.10. The van der Waals surface area contributed by atoms with E-state index < -0.39 is 18.5 Å². The van der Waals surface area contributed by atoms with Crippen LogP contribution in [0.1, 0.15) is 12.8 Å². The predicted octanol–water partition coefficient (Wildman–Crippen LogP) is -1.14. The molecule has 0 aromatic heterocycles. The molecule has 24 heavy (non-hydrogen) atoms. The highest BCUT2D eigenvalue weighted by Crippen LogP contribution is 2.17. The van der Waals surface area contributed by atoms with Gasteiger partial charge in [0.1, 0.15) is 0 Å². The number of amides is 2. The smallest absolute Gasteiger partial charge is 0.397 e. The second-order valence-corrected chi connectivity index (χ2v) is 6.73. The molecule has 8 nitrogen and oxygen atoms in total. The molecule has 2 fully saturated rings. The van der Waals surface area contributed by atoms with Crippen molar-refractivity contribution in [3.63, 3.8) is 0 Å². The van der Waals surface area contributed by atoms with Crippen LogP contribution in [-0.4, -0.2) is 110 Å². The number of ether oxygens (including phenoxy) is 1. The van der Waals surface area contributed by atoms with Crippen LogP contribution in [0.5, 0.6) is 0 Å². The molecule has 2 heterocycles. The summed E-state index contributed by atoms with van der Waals surface area (Å²) < 4.78 is 4.79. The number of piperidine rings is 1. The number of esters is 1. The molecule has 0 unspecified atom stereocenters. The van der Waals surface area contributed by atoms with Gasteiger partial charge >= 0.3 is 11.9 Å². The zero-order chi connectivity index (χ0) is 17.7. The van der Waals surface area contributed by atoms with Crippen molar-refractivity contribution in [3.05, 3.63) is 0 Å². The quantitative estimate of drug-likeness (QED) is 0.477. The molecule has 2 aliphatic rings. The Kier molecular flexibility index (Phi) is 6.56. The van der Waals surface area contributed by atoms with Crippen molar-refractivity contribution in [1.29, 1.82) is 0 Å². The van der Waals surface area contributed by atoms with E-state index >= 15 is 0 Å². The lowest BCUT2D eigenvalue weighted by Crippen LogP contribution is -2.55. The van der Waals surface area contributed by atoms with E-state index in [4.69, 9.17) is 4.74 Å². The normalized spacial score (nSPS) is 20.7. The summed E-state index contributed by atoms with van der Waals surface area (Å²) in [5.74, 6) is -1.94. The predicted molar refractivity (Wildman–Crippen MR) is 88.3 cm³/mol. The Morgan fingerprint density at radius 1 is 1.00 bits per heavy atom. The van der Waals surface area contributed by atoms with Crippen molar-refractivity contribution in [2.45, 2.75) is 18.9 Å². The van der Waals surface area contributed by atoms with Gasteiger partial charge in [-0.25, -0.2) is 4.79 Å². The molecular weight excluding hydrogens is 312 g/mol. The van der Waals surface area contributed by atoms with E-state index in [2.05, 4.69) is 16.8 Å². The molecule has 8 heteroatoms. The maximum atomic E-state index is 12.1. The van der Waals surface area contributed by atoms with E-state index in [1.54, 1.807) is 14.1 Å². The van der Waals surface area contributed by atoms with Crippen molar-refractivity contribution < 1.29 is 19.1 Å². The first-order valence-electron chi connectivity index (χ1n) is 8.47. The van der Waals surface area contributed by atoms with Gasteiger partial charge in [0.05, 0.1) is 0 Å². The fraction of sp³-hybridized carbons (Fsp3) is 0.812. The maximum Gasteiger partial charge on any atom is 0.397 e. The van der Waals surface area contributed by atoms with Crippen LogP contribution in [0, 0.1) is 0 Å². The SMILES string of the molecule is CN1CCC(N2CCN(C(=O)C(=O)OCC(=O)N(C)C)CC2)CC1. The zero-order valence-electron chi connectivity index (χ0n) is 14.9. The average molecular weight is 340 g/mol. The van der Waals surface area contributed by atoms with Gasteiger partial charge in [-0.15, -0.1) is 0 Å². The van der Waals surface area contributed by atoms with Crippen LogP contribution in [0.25, 0.3) is 0 Å². The Balaban J connectivity index is 1.74. The molecule has 2 saturated heterocycles. The molecular formula is C16H28N4O4. The number of hydrogen-bond donors (Lipinski definition) is 0. The molecule has 2 rings (SSSR count). The molecule has 0 aromatic carbocycles. The number of carbonyl (C=O) groups is 3. The summed E-state index contributed by atoms with van der Waals surface area (Å²) in [6.45, 7) is 4.44. The lowest BCUT2D eigenvalue weighted by Gasteiger charge is -2.41. The van der Waals surface area contributed by atoms with Crippen LogP contribution in [0.3, 0.4) is 0 Å². The minimum absolute atomic E-state index is 0.344. The van der Waals surface area contributed by atoms with Gasteiger partial charge in [-0.05, 0) is 33.0 Å². The lowest BCUT2D eigenvalue weighted by molar-refractivity contribution is -0.163. The molecule has 2 amide bonds. The van der Waals surface area contributed by atoms with E-state index in [0.29, 0.717) is 19.1 Å². The van der Waals surface area contributed by atoms with Gasteiger partial charge in [-0.1, -0.05) is 0 Å². The monoisotopic (exact) mass is 340 g/mol. The van der Waals surface area contributed by atoms with Gasteiger partial charge < -0.3 is 19.4 Å². The Bertz CT molecular complexity index is 467. The van der Waals surface area contributed by atoms with Crippen molar-refractivity contribution in [2.24, 2.45) is 0 Å². The summed E-state index contributed by atoms with van der Waals surface area (Å²) in [5, 5.41) is 0. The highest BCUT2D eigenvalue weighted by atomic mass is 16.5. The fourth-order valence-corrected chi connectivity index (χ4v) is 3.10. The molecule has 0 bridgehead atoms. The van der Waals surface area contributed by atoms with Gasteiger partial charge in [0, 0.05) is 46.3 Å². The summed E-state index contributed by atoms with van der Waals surface area (Å²) in [6, 6.07) is 0.572. The van der Waals surface area contributed by atoms with E-state index in [0.717, 1.165) is 39.0 Å². The largest absolute Gasteiger partial charge is 0.448 e. The summed E-state index contributed by atoms with van der Waals surface area (Å²) in [6.07, 6.45) is 2.30. The minimum Gasteiger partial charge on any atom is -0.448 e. The molecule has 0 radical (unpaired) electrons. The number of carbonyl (C=O) groups excluding carboxylic acids is 3. The lowest BCUT2D eigenvalue weighted by atomic mass is 10.0. The Morgan fingerprint density at radius 3 is 2.12 bits per heavy atom. The summed E-state index contributed by atoms with van der Waals surface area (Å²) >= 11 is 0. The van der Waals surface area contributed by atoms with Crippen LogP contribution in [0.15, 0.2) is 0 Å². The third-order valence-corrected chi connectivity index (χ3v) is 4.81. The van der Waals surface area contributed by atoms with Gasteiger partial charge in [0.2, 0.25) is 0 Å². The molecule has 0 N–H and O–H groups in total. The number of rotatable bonds is 3. The second-order valence-electron chi connectivity index (χ2n) is 6.73. The maximum absolute atomic E-state index is 12.1. The van der Waals surface area contributed by atoms with Gasteiger partial charge in [-0.3, -0.25) is 14.5 Å². The van der Waals surface area contributed by atoms with E-state index in [1.165, 1.54) is 9.80 Å². The standard InChI is InChI=1S/C16H28N4O4/c1-17(2)14(21)12-24-16(23)15(22)20-10-8-19(9-11-20)13-4-6-18(3)7-5-13/h13H,4-12H2,1-3H3. The first-order valence-corrected chi connectivity index (χ1v) is 8.47. The van der Waals surface area contributed by atoms with Crippen LogP contribution in [0.4, 0.5) is 0 Å².